The van der Waals surface area contributed by atoms with Gasteiger partial charge in [0.2, 0.25) is 0 Å². The highest BCUT2D eigenvalue weighted by atomic mass is 16.5. The molecule has 0 aromatic carbocycles. The van der Waals surface area contributed by atoms with Gasteiger partial charge in [0.15, 0.2) is 0 Å². The van der Waals surface area contributed by atoms with Crippen LogP contribution in [-0.2, 0) is 11.8 Å². The average Bonchev–Trinajstić information content (AvgIpc) is 2.69. The summed E-state index contributed by atoms with van der Waals surface area (Å²) in [6.45, 7) is 1.78. The van der Waals surface area contributed by atoms with E-state index in [1.807, 2.05) is 0 Å². The number of carbonyl (C=O) groups is 1. The molecule has 0 bridgehead atoms. The third kappa shape index (κ3) is 2.33. The Morgan fingerprint density at radius 1 is 1.59 bits per heavy atom. The highest BCUT2D eigenvalue weighted by Gasteiger charge is 2.25. The fraction of sp³-hybridized carbons (Fsp3) is 0.600. The summed E-state index contributed by atoms with van der Waals surface area (Å²) in [7, 11) is 3.02. The molecule has 7 nitrogen and oxygen atoms in total. The number of nitrogens with zero attached hydrogens (tertiary/aromatic N) is 2. The first-order valence-corrected chi connectivity index (χ1v) is 5.44. The normalized spacial score (nSPS) is 20.4. The summed E-state index contributed by atoms with van der Waals surface area (Å²) in [5.74, 6) is 0. The summed E-state index contributed by atoms with van der Waals surface area (Å²) in [5.41, 5.74) is 0.697. The smallest absolute Gasteiger partial charge is 0.409 e. The van der Waals surface area contributed by atoms with E-state index in [2.05, 4.69) is 15.2 Å². The number of carbonyl (C=O) groups excluding carboxylic acids is 1. The van der Waals surface area contributed by atoms with E-state index in [9.17, 15) is 9.59 Å². The molecular weight excluding hydrogens is 224 g/mol. The third-order valence-corrected chi connectivity index (χ3v) is 2.89. The molecule has 1 aromatic heterocycles. The van der Waals surface area contributed by atoms with E-state index in [4.69, 9.17) is 0 Å². The van der Waals surface area contributed by atoms with Crippen molar-refractivity contribution in [1.82, 2.24) is 20.0 Å². The van der Waals surface area contributed by atoms with Gasteiger partial charge in [0.1, 0.15) is 0 Å². The Morgan fingerprint density at radius 2 is 2.35 bits per heavy atom. The van der Waals surface area contributed by atoms with Crippen molar-refractivity contribution < 1.29 is 9.53 Å². The summed E-state index contributed by atoms with van der Waals surface area (Å²) >= 11 is 0. The molecule has 2 heterocycles. The monoisotopic (exact) mass is 240 g/mol. The Kier molecular flexibility index (Phi) is 3.19. The summed E-state index contributed by atoms with van der Waals surface area (Å²) in [4.78, 5) is 24.4. The van der Waals surface area contributed by atoms with Crippen LogP contribution in [0.25, 0.3) is 0 Å². The number of ether oxygens (including phenoxy) is 1. The predicted molar refractivity (Wildman–Crippen MR) is 60.8 cm³/mol. The maximum atomic E-state index is 11.4. The molecule has 1 unspecified atom stereocenters. The lowest BCUT2D eigenvalue weighted by Crippen LogP contribution is -2.48. The minimum Gasteiger partial charge on any atom is -0.453 e. The van der Waals surface area contributed by atoms with Gasteiger partial charge in [-0.3, -0.25) is 14.6 Å². The zero-order chi connectivity index (χ0) is 12.4. The number of methoxy groups -OCH3 is 1. The van der Waals surface area contributed by atoms with Crippen LogP contribution in [-0.4, -0.2) is 47.5 Å². The van der Waals surface area contributed by atoms with Crippen LogP contribution >= 0.6 is 0 Å². The van der Waals surface area contributed by atoms with Crippen molar-refractivity contribution in [2.24, 2.45) is 7.05 Å². The number of aromatic nitrogens is 2. The first kappa shape index (κ1) is 11.7. The van der Waals surface area contributed by atoms with Crippen molar-refractivity contribution in [3.8, 4) is 0 Å². The van der Waals surface area contributed by atoms with Gasteiger partial charge in [0.25, 0.3) is 5.56 Å². The number of H-pyrrole nitrogens is 1. The van der Waals surface area contributed by atoms with E-state index in [-0.39, 0.29) is 17.7 Å². The van der Waals surface area contributed by atoms with Crippen LogP contribution in [0.2, 0.25) is 0 Å². The Balaban J connectivity index is 2.12. The van der Waals surface area contributed by atoms with Crippen molar-refractivity contribution in [2.75, 3.05) is 26.7 Å². The van der Waals surface area contributed by atoms with E-state index < -0.39 is 0 Å². The molecule has 1 amide bonds. The van der Waals surface area contributed by atoms with Crippen LogP contribution in [0.4, 0.5) is 4.79 Å². The molecule has 0 radical (unpaired) electrons. The van der Waals surface area contributed by atoms with E-state index >= 15 is 0 Å². The third-order valence-electron chi connectivity index (χ3n) is 2.89. The number of amides is 1. The minimum absolute atomic E-state index is 0.0586. The zero-order valence-corrected chi connectivity index (χ0v) is 9.90. The van der Waals surface area contributed by atoms with Crippen molar-refractivity contribution >= 4 is 6.09 Å². The fourth-order valence-corrected chi connectivity index (χ4v) is 1.94. The highest BCUT2D eigenvalue weighted by Crippen LogP contribution is 2.14. The molecule has 0 saturated carbocycles. The van der Waals surface area contributed by atoms with Crippen molar-refractivity contribution in [2.45, 2.75) is 6.04 Å². The van der Waals surface area contributed by atoms with Crippen LogP contribution in [0, 0.1) is 0 Å². The Labute approximate surface area is 98.3 Å². The fourth-order valence-electron chi connectivity index (χ4n) is 1.94. The van der Waals surface area contributed by atoms with Crippen LogP contribution in [0.3, 0.4) is 0 Å². The van der Waals surface area contributed by atoms with Gasteiger partial charge >= 0.3 is 6.09 Å². The second kappa shape index (κ2) is 4.62. The zero-order valence-electron chi connectivity index (χ0n) is 9.90. The van der Waals surface area contributed by atoms with Gasteiger partial charge in [-0.25, -0.2) is 4.79 Å². The summed E-state index contributed by atoms with van der Waals surface area (Å²) < 4.78 is 6.10. The Bertz CT molecular complexity index is 464. The van der Waals surface area contributed by atoms with Crippen LogP contribution in [0.15, 0.2) is 10.9 Å². The molecule has 1 aliphatic heterocycles. The minimum atomic E-state index is -0.338. The molecule has 1 aliphatic rings. The lowest BCUT2D eigenvalue weighted by atomic mass is 10.1. The molecule has 7 heteroatoms. The van der Waals surface area contributed by atoms with Gasteiger partial charge in [-0.05, 0) is 0 Å². The summed E-state index contributed by atoms with van der Waals surface area (Å²) in [6, 6.07) is 1.48. The SMILES string of the molecule is COC(=O)N1CCNC(c2cc(=O)n(C)[nH]2)C1. The van der Waals surface area contributed by atoms with Crippen molar-refractivity contribution in [1.29, 1.82) is 0 Å². The van der Waals surface area contributed by atoms with Crippen LogP contribution < -0.4 is 10.9 Å². The second-order valence-corrected chi connectivity index (χ2v) is 4.03. The quantitative estimate of drug-likeness (QED) is 0.688. The Morgan fingerprint density at radius 3 is 2.94 bits per heavy atom. The number of piperazine rings is 1. The van der Waals surface area contributed by atoms with Crippen LogP contribution in [0.5, 0.6) is 0 Å². The number of aromatic amines is 1. The van der Waals surface area contributed by atoms with Gasteiger partial charge in [0, 0.05) is 32.7 Å². The van der Waals surface area contributed by atoms with Crippen LogP contribution in [0.1, 0.15) is 11.7 Å². The van der Waals surface area contributed by atoms with Gasteiger partial charge in [0.05, 0.1) is 18.8 Å². The van der Waals surface area contributed by atoms with Crippen molar-refractivity contribution in [3.05, 3.63) is 22.1 Å². The number of aryl methyl sites for hydroxylation is 1. The molecule has 1 atom stereocenters. The maximum absolute atomic E-state index is 11.4. The standard InChI is InChI=1S/C10H16N4O3/c1-13-9(15)5-7(12-13)8-6-14(4-3-11-8)10(16)17-2/h5,8,11-12H,3-4,6H2,1-2H3. The van der Waals surface area contributed by atoms with Crippen molar-refractivity contribution in [3.63, 3.8) is 0 Å². The largest absolute Gasteiger partial charge is 0.453 e. The lowest BCUT2D eigenvalue weighted by Gasteiger charge is -2.32. The number of rotatable bonds is 1. The number of hydrogen-bond acceptors (Lipinski definition) is 4. The predicted octanol–water partition coefficient (Wildman–Crippen LogP) is -0.574. The molecule has 94 valence electrons. The van der Waals surface area contributed by atoms with E-state index in [0.717, 1.165) is 5.69 Å². The second-order valence-electron chi connectivity index (χ2n) is 4.03. The molecule has 17 heavy (non-hydrogen) atoms. The first-order valence-electron chi connectivity index (χ1n) is 5.44. The molecule has 1 aromatic rings. The molecule has 0 aliphatic carbocycles. The molecule has 2 N–H and O–H groups in total. The summed E-state index contributed by atoms with van der Waals surface area (Å²) in [6.07, 6.45) is -0.338. The average molecular weight is 240 g/mol. The summed E-state index contributed by atoms with van der Waals surface area (Å²) in [5, 5.41) is 6.21. The molecule has 1 saturated heterocycles. The van der Waals surface area contributed by atoms with E-state index in [1.165, 1.54) is 11.8 Å². The number of hydrogen-bond donors (Lipinski definition) is 2. The van der Waals surface area contributed by atoms with E-state index in [1.54, 1.807) is 18.0 Å². The Hall–Kier alpha value is -1.76. The highest BCUT2D eigenvalue weighted by molar-refractivity contribution is 5.67. The molecule has 1 fully saturated rings. The van der Waals surface area contributed by atoms with Gasteiger partial charge < -0.3 is 15.0 Å². The van der Waals surface area contributed by atoms with Gasteiger partial charge in [-0.2, -0.15) is 0 Å². The lowest BCUT2D eigenvalue weighted by molar-refractivity contribution is 0.109. The molecule has 0 spiro atoms. The number of nitrogens with one attached hydrogen (secondary N) is 2. The van der Waals surface area contributed by atoms with Gasteiger partial charge in [-0.15, -0.1) is 0 Å². The molecule has 2 rings (SSSR count). The topological polar surface area (TPSA) is 79.4 Å². The van der Waals surface area contributed by atoms with E-state index in [0.29, 0.717) is 19.6 Å². The molecular formula is C10H16N4O3. The maximum Gasteiger partial charge on any atom is 0.409 e. The van der Waals surface area contributed by atoms with Gasteiger partial charge in [-0.1, -0.05) is 0 Å². The first-order chi connectivity index (χ1) is 8.11.